The van der Waals surface area contributed by atoms with Gasteiger partial charge in [-0.05, 0) is 0 Å². The first-order valence-electron chi connectivity index (χ1n) is 3.39. The zero-order valence-electron chi connectivity index (χ0n) is 6.12. The molecule has 0 aromatic rings. The van der Waals surface area contributed by atoms with Crippen molar-refractivity contribution in [1.82, 2.24) is 0 Å². The summed E-state index contributed by atoms with van der Waals surface area (Å²) < 4.78 is 0. The Kier molecular flexibility index (Phi) is 4.32. The first kappa shape index (κ1) is 10.3. The first-order valence-corrected chi connectivity index (χ1v) is 5.31. The van der Waals surface area contributed by atoms with Crippen LogP contribution in [0.2, 0.25) is 0 Å². The van der Waals surface area contributed by atoms with Gasteiger partial charge in [-0.25, -0.2) is 0 Å². The molecule has 5 N–H and O–H groups in total. The van der Waals surface area contributed by atoms with E-state index >= 15 is 0 Å². The molecule has 0 aliphatic heterocycles. The molecular weight excluding hydrogens is 153 g/mol. The van der Waals surface area contributed by atoms with Crippen LogP contribution in [-0.2, 0) is 0 Å². The minimum atomic E-state index is -3.89. The van der Waals surface area contributed by atoms with Gasteiger partial charge in [-0.1, -0.05) is 0 Å². The van der Waals surface area contributed by atoms with Crippen molar-refractivity contribution in [3.05, 3.63) is 0 Å². The molecule has 0 aliphatic carbocycles. The summed E-state index contributed by atoms with van der Waals surface area (Å²) in [5.41, 5.74) is 4.79. The number of hydrogen-bond acceptors (Lipinski definition) is 4. The Morgan fingerprint density at radius 3 is 2.00 bits per heavy atom. The molecule has 0 aromatic heterocycles. The molecule has 1 unspecified atom stereocenters. The van der Waals surface area contributed by atoms with Crippen LogP contribution in [0.1, 0.15) is 19.8 Å². The van der Waals surface area contributed by atoms with Gasteiger partial charge in [0.05, 0.1) is 0 Å². The summed E-state index contributed by atoms with van der Waals surface area (Å²) in [5, 5.41) is 0. The molecule has 0 heterocycles. The maximum atomic E-state index is 8.80. The fourth-order valence-corrected chi connectivity index (χ4v) is 1.97. The molecule has 0 saturated heterocycles. The Morgan fingerprint density at radius 1 is 1.40 bits per heavy atom. The third-order valence-electron chi connectivity index (χ3n) is 1.56. The van der Waals surface area contributed by atoms with Crippen molar-refractivity contribution in [1.29, 1.82) is 0 Å². The summed E-state index contributed by atoms with van der Waals surface area (Å²) in [6.45, 7) is 2.18. The van der Waals surface area contributed by atoms with Crippen molar-refractivity contribution in [2.24, 2.45) is 5.73 Å². The van der Waals surface area contributed by atoms with Crippen LogP contribution < -0.4 is 5.73 Å². The van der Waals surface area contributed by atoms with Gasteiger partial charge < -0.3 is 0 Å². The molecule has 0 spiro atoms. The molecule has 0 amide bonds. The third kappa shape index (κ3) is 3.44. The summed E-state index contributed by atoms with van der Waals surface area (Å²) in [6.07, 6.45) is 1.04. The van der Waals surface area contributed by atoms with Crippen molar-refractivity contribution >= 4 is 7.94 Å². The van der Waals surface area contributed by atoms with Crippen molar-refractivity contribution in [3.63, 3.8) is 0 Å². The van der Waals surface area contributed by atoms with Gasteiger partial charge in [-0.3, -0.25) is 0 Å². The van der Waals surface area contributed by atoms with Gasteiger partial charge in [-0.2, -0.15) is 0 Å². The van der Waals surface area contributed by atoms with Crippen LogP contribution in [0.15, 0.2) is 0 Å². The Labute approximate surface area is 61.3 Å². The monoisotopic (exact) mass is 169 g/mol. The summed E-state index contributed by atoms with van der Waals surface area (Å²) in [4.78, 5) is 26.4. The minimum absolute atomic E-state index is 0.384. The van der Waals surface area contributed by atoms with E-state index in [1.54, 1.807) is 6.92 Å². The predicted octanol–water partition coefficient (Wildman–Crippen LogP) is -0.414. The van der Waals surface area contributed by atoms with Gasteiger partial charge in [0.25, 0.3) is 0 Å². The van der Waals surface area contributed by atoms with Gasteiger partial charge >= 0.3 is 60.3 Å². The second-order valence-corrected chi connectivity index (χ2v) is 4.56. The standard InChI is InChI=1S/C5H16NO3P/c1-2-5(3-4-6)10(7,8)9/h5,7-10H,2-4,6H2,1H3. The second-order valence-electron chi connectivity index (χ2n) is 2.37. The summed E-state index contributed by atoms with van der Waals surface area (Å²) in [7, 11) is -3.89. The average molecular weight is 169 g/mol. The molecule has 0 bridgehead atoms. The Bertz CT molecular complexity index is 93.4. The summed E-state index contributed by atoms with van der Waals surface area (Å²) in [5.74, 6) is 0. The number of hydrogen-bond donors (Lipinski definition) is 4. The van der Waals surface area contributed by atoms with Crippen LogP contribution >= 0.6 is 7.94 Å². The molecule has 64 valence electrons. The molecular formula is C5H16NO3P. The van der Waals surface area contributed by atoms with Crippen molar-refractivity contribution in [2.45, 2.75) is 25.4 Å². The Morgan fingerprint density at radius 2 is 1.90 bits per heavy atom. The van der Waals surface area contributed by atoms with E-state index in [9.17, 15) is 0 Å². The third-order valence-corrected chi connectivity index (χ3v) is 3.35. The van der Waals surface area contributed by atoms with E-state index in [2.05, 4.69) is 0 Å². The van der Waals surface area contributed by atoms with E-state index in [-0.39, 0.29) is 0 Å². The zero-order valence-corrected chi connectivity index (χ0v) is 7.12. The van der Waals surface area contributed by atoms with E-state index in [1.807, 2.05) is 0 Å². The van der Waals surface area contributed by atoms with Gasteiger partial charge in [0.15, 0.2) is 0 Å². The van der Waals surface area contributed by atoms with Gasteiger partial charge in [0, 0.05) is 0 Å². The average Bonchev–Trinajstić information content (AvgIpc) is 1.80. The van der Waals surface area contributed by atoms with Crippen molar-refractivity contribution < 1.29 is 14.7 Å². The molecule has 0 aromatic carbocycles. The fourth-order valence-electron chi connectivity index (χ4n) is 0.873. The van der Waals surface area contributed by atoms with E-state index in [4.69, 9.17) is 20.4 Å². The Balaban J connectivity index is 3.81. The molecule has 10 heavy (non-hydrogen) atoms. The molecule has 1 atom stereocenters. The van der Waals surface area contributed by atoms with Gasteiger partial charge in [0.1, 0.15) is 0 Å². The fraction of sp³-hybridized carbons (Fsp3) is 1.00. The van der Waals surface area contributed by atoms with Crippen LogP contribution in [0.3, 0.4) is 0 Å². The number of rotatable bonds is 4. The van der Waals surface area contributed by atoms with E-state index in [0.29, 0.717) is 19.4 Å². The number of nitrogens with two attached hydrogens (primary N) is 1. The molecule has 0 radical (unpaired) electrons. The van der Waals surface area contributed by atoms with E-state index in [0.717, 1.165) is 0 Å². The molecule has 5 heteroatoms. The van der Waals surface area contributed by atoms with Crippen molar-refractivity contribution in [3.8, 4) is 0 Å². The maximum absolute atomic E-state index is 8.80. The normalized spacial score (nSPS) is 16.9. The van der Waals surface area contributed by atoms with Crippen LogP contribution in [0.5, 0.6) is 0 Å². The second kappa shape index (κ2) is 4.21. The molecule has 0 rings (SSSR count). The summed E-state index contributed by atoms with van der Waals surface area (Å²) in [6, 6.07) is 0. The SMILES string of the molecule is CCC(CCN)[PH](O)(O)O. The summed E-state index contributed by atoms with van der Waals surface area (Å²) >= 11 is 0. The van der Waals surface area contributed by atoms with Crippen LogP contribution in [0.25, 0.3) is 0 Å². The Hall–Kier alpha value is 0.270. The van der Waals surface area contributed by atoms with E-state index < -0.39 is 13.6 Å². The van der Waals surface area contributed by atoms with Gasteiger partial charge in [-0.15, -0.1) is 0 Å². The molecule has 0 aliphatic rings. The van der Waals surface area contributed by atoms with Gasteiger partial charge in [0.2, 0.25) is 0 Å². The molecule has 0 saturated carbocycles. The van der Waals surface area contributed by atoms with E-state index in [1.165, 1.54) is 0 Å². The topological polar surface area (TPSA) is 86.7 Å². The zero-order chi connectivity index (χ0) is 8.20. The predicted molar refractivity (Wildman–Crippen MR) is 42.7 cm³/mol. The quantitative estimate of drug-likeness (QED) is 0.431. The van der Waals surface area contributed by atoms with Crippen LogP contribution in [0, 0.1) is 0 Å². The van der Waals surface area contributed by atoms with Crippen LogP contribution in [-0.4, -0.2) is 26.9 Å². The first-order chi connectivity index (χ1) is 4.52. The van der Waals surface area contributed by atoms with Crippen molar-refractivity contribution in [2.75, 3.05) is 6.54 Å². The molecule has 0 fully saturated rings. The van der Waals surface area contributed by atoms with Crippen LogP contribution in [0.4, 0.5) is 0 Å². The molecule has 4 nitrogen and oxygen atoms in total.